The Balaban J connectivity index is 2.19. The first kappa shape index (κ1) is 11.5. The third-order valence-electron chi connectivity index (χ3n) is 3.41. The Labute approximate surface area is 98.9 Å². The van der Waals surface area contributed by atoms with Crippen molar-refractivity contribution in [1.82, 2.24) is 4.90 Å². The molecule has 0 amide bonds. The average Bonchev–Trinajstić information content (AvgIpc) is 2.31. The van der Waals surface area contributed by atoms with Crippen LogP contribution in [-0.2, 0) is 0 Å². The van der Waals surface area contributed by atoms with E-state index >= 15 is 0 Å². The lowest BCUT2D eigenvalue weighted by Crippen LogP contribution is -2.44. The van der Waals surface area contributed by atoms with Crippen LogP contribution in [0.25, 0.3) is 0 Å². The van der Waals surface area contributed by atoms with Crippen molar-refractivity contribution in [3.05, 3.63) is 35.7 Å². The van der Waals surface area contributed by atoms with Gasteiger partial charge in [0.05, 0.1) is 0 Å². The van der Waals surface area contributed by atoms with Crippen molar-refractivity contribution in [2.45, 2.75) is 13.8 Å². The second-order valence-corrected chi connectivity index (χ2v) is 4.62. The Morgan fingerprint density at radius 2 is 1.81 bits per heavy atom. The highest BCUT2D eigenvalue weighted by Crippen LogP contribution is 2.23. The summed E-state index contributed by atoms with van der Waals surface area (Å²) in [5, 5.41) is 0. The molecule has 87 valence electrons. The number of anilines is 1. The van der Waals surface area contributed by atoms with Crippen LogP contribution < -0.4 is 4.90 Å². The maximum atomic E-state index is 2.50. The fourth-order valence-corrected chi connectivity index (χ4v) is 2.19. The highest BCUT2D eigenvalue weighted by atomic mass is 15.2. The standard InChI is InChI=1S/C14H21N2/c1-4-13-6-5-12(2)14(11-13)16-9-7-15(3)8-10-16/h4-6,11H,7-10H2,1-3H3. The average molecular weight is 217 g/mol. The van der Waals surface area contributed by atoms with Crippen molar-refractivity contribution >= 4 is 5.69 Å². The van der Waals surface area contributed by atoms with Crippen LogP contribution in [0, 0.1) is 13.3 Å². The first-order valence-corrected chi connectivity index (χ1v) is 6.04. The lowest BCUT2D eigenvalue weighted by atomic mass is 10.1. The fourth-order valence-electron chi connectivity index (χ4n) is 2.19. The quantitative estimate of drug-likeness (QED) is 0.750. The largest absolute Gasteiger partial charge is 0.369 e. The molecule has 0 spiro atoms. The third-order valence-corrected chi connectivity index (χ3v) is 3.41. The summed E-state index contributed by atoms with van der Waals surface area (Å²) in [6.45, 7) is 8.92. The van der Waals surface area contributed by atoms with Crippen molar-refractivity contribution < 1.29 is 0 Å². The van der Waals surface area contributed by atoms with Crippen molar-refractivity contribution in [2.75, 3.05) is 38.1 Å². The van der Waals surface area contributed by atoms with Crippen LogP contribution in [0.2, 0.25) is 0 Å². The number of hydrogen-bond donors (Lipinski definition) is 0. The van der Waals surface area contributed by atoms with Crippen molar-refractivity contribution in [1.29, 1.82) is 0 Å². The summed E-state index contributed by atoms with van der Waals surface area (Å²) >= 11 is 0. The summed E-state index contributed by atoms with van der Waals surface area (Å²) in [5.41, 5.74) is 4.11. The molecule has 0 N–H and O–H groups in total. The van der Waals surface area contributed by atoms with Gasteiger partial charge in [0.2, 0.25) is 0 Å². The van der Waals surface area contributed by atoms with Crippen LogP contribution in [0.5, 0.6) is 0 Å². The predicted molar refractivity (Wildman–Crippen MR) is 70.0 cm³/mol. The van der Waals surface area contributed by atoms with E-state index in [1.807, 2.05) is 0 Å². The molecule has 0 saturated carbocycles. The van der Waals surface area contributed by atoms with Crippen molar-refractivity contribution in [2.24, 2.45) is 0 Å². The van der Waals surface area contributed by atoms with E-state index in [2.05, 4.69) is 55.3 Å². The van der Waals surface area contributed by atoms with Gasteiger partial charge in [-0.2, -0.15) is 0 Å². The molecule has 2 nitrogen and oxygen atoms in total. The number of likely N-dealkylation sites (N-methyl/N-ethyl adjacent to an activating group) is 1. The van der Waals surface area contributed by atoms with Crippen LogP contribution in [0.1, 0.15) is 18.1 Å². The fraction of sp³-hybridized carbons (Fsp3) is 0.500. The summed E-state index contributed by atoms with van der Waals surface area (Å²) in [6, 6.07) is 6.72. The van der Waals surface area contributed by atoms with E-state index in [0.717, 1.165) is 13.1 Å². The van der Waals surface area contributed by atoms with E-state index in [1.54, 1.807) is 0 Å². The molecule has 2 rings (SSSR count). The lowest BCUT2D eigenvalue weighted by molar-refractivity contribution is 0.312. The molecule has 1 aromatic carbocycles. The molecule has 0 aromatic heterocycles. The van der Waals surface area contributed by atoms with Crippen molar-refractivity contribution in [3.63, 3.8) is 0 Å². The van der Waals surface area contributed by atoms with Gasteiger partial charge in [-0.3, -0.25) is 0 Å². The van der Waals surface area contributed by atoms with Crippen LogP contribution >= 0.6 is 0 Å². The summed E-state index contributed by atoms with van der Waals surface area (Å²) in [5.74, 6) is 0. The van der Waals surface area contributed by atoms with Gasteiger partial charge in [0, 0.05) is 31.9 Å². The number of benzene rings is 1. The number of piperazine rings is 1. The summed E-state index contributed by atoms with van der Waals surface area (Å²) in [4.78, 5) is 4.89. The van der Waals surface area contributed by atoms with Gasteiger partial charge >= 0.3 is 0 Å². The zero-order chi connectivity index (χ0) is 11.5. The molecule has 1 fully saturated rings. The third kappa shape index (κ3) is 2.38. The lowest BCUT2D eigenvalue weighted by Gasteiger charge is -2.35. The molecule has 1 aliphatic rings. The number of rotatable bonds is 2. The molecular weight excluding hydrogens is 196 g/mol. The van der Waals surface area contributed by atoms with Gasteiger partial charge in [-0.05, 0) is 37.6 Å². The normalized spacial score (nSPS) is 17.8. The Morgan fingerprint density at radius 1 is 1.12 bits per heavy atom. The predicted octanol–water partition coefficient (Wildman–Crippen LogP) is 2.32. The molecule has 1 saturated heterocycles. The van der Waals surface area contributed by atoms with Gasteiger partial charge in [-0.1, -0.05) is 19.1 Å². The van der Waals surface area contributed by atoms with Gasteiger partial charge < -0.3 is 9.80 Å². The minimum absolute atomic E-state index is 1.14. The zero-order valence-corrected chi connectivity index (χ0v) is 10.5. The van der Waals surface area contributed by atoms with Gasteiger partial charge in [0.1, 0.15) is 0 Å². The van der Waals surface area contributed by atoms with Gasteiger partial charge in [0.25, 0.3) is 0 Å². The molecule has 0 aliphatic carbocycles. The highest BCUT2D eigenvalue weighted by Gasteiger charge is 2.15. The summed E-state index contributed by atoms with van der Waals surface area (Å²) in [6.07, 6.45) is 2.17. The summed E-state index contributed by atoms with van der Waals surface area (Å²) < 4.78 is 0. The van der Waals surface area contributed by atoms with E-state index in [4.69, 9.17) is 0 Å². The van der Waals surface area contributed by atoms with Crippen molar-refractivity contribution in [3.8, 4) is 0 Å². The number of aryl methyl sites for hydroxylation is 1. The highest BCUT2D eigenvalue weighted by molar-refractivity contribution is 5.56. The maximum absolute atomic E-state index is 2.50. The molecule has 2 heteroatoms. The first-order chi connectivity index (χ1) is 7.70. The van der Waals surface area contributed by atoms with E-state index < -0.39 is 0 Å². The first-order valence-electron chi connectivity index (χ1n) is 6.04. The van der Waals surface area contributed by atoms with Gasteiger partial charge in [-0.25, -0.2) is 0 Å². The van der Waals surface area contributed by atoms with E-state index in [9.17, 15) is 0 Å². The molecule has 0 atom stereocenters. The van der Waals surface area contributed by atoms with Crippen LogP contribution in [0.4, 0.5) is 5.69 Å². The minimum atomic E-state index is 1.14. The zero-order valence-electron chi connectivity index (χ0n) is 10.5. The SMILES string of the molecule is C[CH]c1ccc(C)c(N2CCN(C)CC2)c1. The maximum Gasteiger partial charge on any atom is 0.0399 e. The van der Waals surface area contributed by atoms with E-state index in [1.165, 1.54) is 29.9 Å². The van der Waals surface area contributed by atoms with E-state index in [-0.39, 0.29) is 0 Å². The second-order valence-electron chi connectivity index (χ2n) is 4.62. The topological polar surface area (TPSA) is 6.48 Å². The second kappa shape index (κ2) is 4.88. The molecular formula is C14H21N2. The Kier molecular flexibility index (Phi) is 3.49. The molecule has 1 heterocycles. The Bertz CT molecular complexity index is 352. The molecule has 1 aliphatic heterocycles. The number of hydrogen-bond acceptors (Lipinski definition) is 2. The number of nitrogens with zero attached hydrogens (tertiary/aromatic N) is 2. The monoisotopic (exact) mass is 217 g/mol. The molecule has 0 bridgehead atoms. The van der Waals surface area contributed by atoms with Crippen LogP contribution in [0.3, 0.4) is 0 Å². The smallest absolute Gasteiger partial charge is 0.0399 e. The Morgan fingerprint density at radius 3 is 2.44 bits per heavy atom. The summed E-state index contributed by atoms with van der Waals surface area (Å²) in [7, 11) is 2.19. The van der Waals surface area contributed by atoms with E-state index in [0.29, 0.717) is 0 Å². The van der Waals surface area contributed by atoms with Crippen LogP contribution in [-0.4, -0.2) is 38.1 Å². The Hall–Kier alpha value is -1.02. The molecule has 1 aromatic rings. The van der Waals surface area contributed by atoms with Crippen LogP contribution in [0.15, 0.2) is 18.2 Å². The van der Waals surface area contributed by atoms with Gasteiger partial charge in [0.15, 0.2) is 0 Å². The molecule has 16 heavy (non-hydrogen) atoms. The molecule has 0 unspecified atom stereocenters. The van der Waals surface area contributed by atoms with Gasteiger partial charge in [-0.15, -0.1) is 0 Å². The minimum Gasteiger partial charge on any atom is -0.369 e. The molecule has 1 radical (unpaired) electrons.